The number of esters is 1. The quantitative estimate of drug-likeness (QED) is 0.686. The molecule has 2 aromatic rings. The van der Waals surface area contributed by atoms with Gasteiger partial charge in [-0.25, -0.2) is 4.79 Å². The van der Waals surface area contributed by atoms with Gasteiger partial charge in [-0.2, -0.15) is 0 Å². The fraction of sp³-hybridized carbons (Fsp3) is 0.480. The van der Waals surface area contributed by atoms with Gasteiger partial charge in [0, 0.05) is 41.6 Å². The molecule has 3 atom stereocenters. The van der Waals surface area contributed by atoms with E-state index in [4.69, 9.17) is 19.2 Å². The minimum atomic E-state index is -1.75. The number of nitrogens with zero attached hydrogens (tertiary/aromatic N) is 1. The molecule has 33 heavy (non-hydrogen) atoms. The minimum absolute atomic E-state index is 0.0369. The Morgan fingerprint density at radius 1 is 1.15 bits per heavy atom. The molecule has 4 aliphatic rings. The van der Waals surface area contributed by atoms with Crippen LogP contribution in [-0.4, -0.2) is 47.9 Å². The van der Waals surface area contributed by atoms with Crippen molar-refractivity contribution >= 4 is 22.7 Å². The third-order valence-corrected chi connectivity index (χ3v) is 7.74. The van der Waals surface area contributed by atoms with Crippen molar-refractivity contribution in [3.05, 3.63) is 40.1 Å². The van der Waals surface area contributed by atoms with Crippen molar-refractivity contribution in [3.63, 3.8) is 0 Å². The Labute approximate surface area is 190 Å². The van der Waals surface area contributed by atoms with Crippen LogP contribution in [0.1, 0.15) is 48.9 Å². The highest BCUT2D eigenvalue weighted by Gasteiger charge is 2.50. The smallest absolute Gasteiger partial charge is 0.342 e. The second-order valence-electron chi connectivity index (χ2n) is 9.36. The second-order valence-corrected chi connectivity index (χ2v) is 9.36. The van der Waals surface area contributed by atoms with E-state index in [9.17, 15) is 14.7 Å². The molecule has 3 heterocycles. The lowest BCUT2D eigenvalue weighted by molar-refractivity contribution is -0.163. The number of Topliss-reactive ketones (excluding diaryl/α,β-unsaturated/α-hetero) is 1. The molecule has 0 saturated heterocycles. The maximum absolute atomic E-state index is 13.2. The van der Waals surface area contributed by atoms with Crippen molar-refractivity contribution in [2.24, 2.45) is 5.92 Å². The molecule has 6 rings (SSSR count). The number of ketones is 1. The van der Waals surface area contributed by atoms with Crippen LogP contribution >= 0.6 is 0 Å². The Bertz CT molecular complexity index is 1250. The van der Waals surface area contributed by atoms with Gasteiger partial charge in [0.25, 0.3) is 0 Å². The van der Waals surface area contributed by atoms with Gasteiger partial charge in [-0.05, 0) is 55.0 Å². The van der Waals surface area contributed by atoms with Crippen LogP contribution in [0.4, 0.5) is 0 Å². The van der Waals surface area contributed by atoms with Gasteiger partial charge in [-0.15, -0.1) is 0 Å². The number of hydrogen-bond acceptors (Lipinski definition) is 8. The summed E-state index contributed by atoms with van der Waals surface area (Å²) in [5, 5.41) is 15.5. The van der Waals surface area contributed by atoms with Crippen LogP contribution in [0.5, 0.6) is 11.5 Å². The number of nitrogens with one attached hydrogen (secondary N) is 1. The first kappa shape index (κ1) is 20.6. The van der Waals surface area contributed by atoms with E-state index in [0.717, 1.165) is 34.1 Å². The molecule has 0 amide bonds. The van der Waals surface area contributed by atoms with Crippen molar-refractivity contribution in [1.29, 1.82) is 0 Å². The summed E-state index contributed by atoms with van der Waals surface area (Å²) in [5.41, 5.74) is 3.32. The summed E-state index contributed by atoms with van der Waals surface area (Å²) in [6.45, 7) is 2.54. The molecular formula is C25H26N2O6. The van der Waals surface area contributed by atoms with Gasteiger partial charge in [-0.1, -0.05) is 6.92 Å². The van der Waals surface area contributed by atoms with E-state index >= 15 is 0 Å². The van der Waals surface area contributed by atoms with Crippen molar-refractivity contribution in [1.82, 2.24) is 10.3 Å². The molecule has 2 aliphatic carbocycles. The fourth-order valence-corrected chi connectivity index (χ4v) is 6.00. The summed E-state index contributed by atoms with van der Waals surface area (Å²) in [4.78, 5) is 30.8. The number of aromatic nitrogens is 1. The monoisotopic (exact) mass is 450 g/mol. The Morgan fingerprint density at radius 2 is 1.94 bits per heavy atom. The predicted octanol–water partition coefficient (Wildman–Crippen LogP) is 2.30. The lowest BCUT2D eigenvalue weighted by Crippen LogP contribution is -2.46. The van der Waals surface area contributed by atoms with Crippen molar-refractivity contribution in [2.75, 3.05) is 20.4 Å². The Kier molecular flexibility index (Phi) is 4.54. The van der Waals surface area contributed by atoms with Gasteiger partial charge in [0.1, 0.15) is 6.61 Å². The molecule has 8 heteroatoms. The number of rotatable bonds is 3. The first-order valence-electron chi connectivity index (χ1n) is 11.5. The first-order chi connectivity index (χ1) is 15.9. The van der Waals surface area contributed by atoms with Gasteiger partial charge in [-0.3, -0.25) is 9.78 Å². The van der Waals surface area contributed by atoms with Crippen LogP contribution in [0.15, 0.2) is 23.3 Å². The van der Waals surface area contributed by atoms with Gasteiger partial charge in [0.05, 0.1) is 5.52 Å². The standard InChI is InChI=1S/C25H26N2O6/c1-3-25(30)18-6-13-12(5-20(28)17(18)10-31-24(25)29)4-15-16(9-26-2)14-7-21-22(33-11-32-21)8-19(14)27-23(13)15/h7-8,12-13,26,30H,3-6,9-11H2,1-2H3/t12?,13?,25-/m0/s1. The molecular weight excluding hydrogens is 424 g/mol. The molecule has 2 N–H and O–H groups in total. The SMILES string of the molecule is CC[C@@]1(O)C(=O)OCC2=C1CC1c3nc4cc5c(cc4c(CNC)c3CC1CC2=O)OCO5. The maximum atomic E-state index is 13.2. The third kappa shape index (κ3) is 2.87. The Balaban J connectivity index is 1.52. The largest absolute Gasteiger partial charge is 0.458 e. The lowest BCUT2D eigenvalue weighted by Gasteiger charge is -2.34. The van der Waals surface area contributed by atoms with E-state index in [2.05, 4.69) is 5.32 Å². The zero-order valence-electron chi connectivity index (χ0n) is 18.7. The summed E-state index contributed by atoms with van der Waals surface area (Å²) in [5.74, 6) is 0.705. The molecule has 2 aliphatic heterocycles. The normalized spacial score (nSPS) is 27.8. The molecule has 1 aromatic heterocycles. The Morgan fingerprint density at radius 3 is 2.70 bits per heavy atom. The van der Waals surface area contributed by atoms with Crippen LogP contribution in [0.3, 0.4) is 0 Å². The number of hydrogen-bond donors (Lipinski definition) is 2. The van der Waals surface area contributed by atoms with Crippen LogP contribution < -0.4 is 14.8 Å². The number of aliphatic hydroxyl groups is 1. The number of carbonyl (C=O) groups is 2. The van der Waals surface area contributed by atoms with Crippen LogP contribution in [-0.2, 0) is 27.3 Å². The number of pyridine rings is 1. The lowest BCUT2D eigenvalue weighted by atomic mass is 9.79. The zero-order valence-corrected chi connectivity index (χ0v) is 18.7. The number of fused-ring (bicyclic) bond motifs is 5. The molecule has 2 unspecified atom stereocenters. The third-order valence-electron chi connectivity index (χ3n) is 7.74. The number of carbonyl (C=O) groups excluding carboxylic acids is 2. The van der Waals surface area contributed by atoms with E-state index in [0.29, 0.717) is 42.0 Å². The zero-order chi connectivity index (χ0) is 22.9. The Hall–Kier alpha value is -2.97. The molecule has 0 saturated carbocycles. The molecule has 172 valence electrons. The van der Waals surface area contributed by atoms with Crippen LogP contribution in [0.2, 0.25) is 0 Å². The number of ether oxygens (including phenoxy) is 3. The summed E-state index contributed by atoms with van der Waals surface area (Å²) in [7, 11) is 1.91. The minimum Gasteiger partial charge on any atom is -0.458 e. The molecule has 0 radical (unpaired) electrons. The van der Waals surface area contributed by atoms with E-state index in [1.165, 1.54) is 0 Å². The van der Waals surface area contributed by atoms with Gasteiger partial charge in [0.2, 0.25) is 6.79 Å². The van der Waals surface area contributed by atoms with E-state index < -0.39 is 11.6 Å². The fourth-order valence-electron chi connectivity index (χ4n) is 6.00. The average Bonchev–Trinajstić information content (AvgIpc) is 3.36. The summed E-state index contributed by atoms with van der Waals surface area (Å²) >= 11 is 0. The highest BCUT2D eigenvalue weighted by Crippen LogP contribution is 2.51. The number of cyclic esters (lactones) is 1. The maximum Gasteiger partial charge on any atom is 0.342 e. The predicted molar refractivity (Wildman–Crippen MR) is 118 cm³/mol. The van der Waals surface area contributed by atoms with Gasteiger partial charge in [0.15, 0.2) is 22.9 Å². The first-order valence-corrected chi connectivity index (χ1v) is 11.5. The topological polar surface area (TPSA) is 107 Å². The number of benzene rings is 1. The molecule has 1 aromatic carbocycles. The second kappa shape index (κ2) is 7.27. The van der Waals surface area contributed by atoms with E-state index in [1.807, 2.05) is 19.2 Å². The van der Waals surface area contributed by atoms with Crippen molar-refractivity contribution in [3.8, 4) is 11.5 Å². The van der Waals surface area contributed by atoms with E-state index in [-0.39, 0.29) is 37.4 Å². The van der Waals surface area contributed by atoms with Gasteiger partial charge >= 0.3 is 5.97 Å². The van der Waals surface area contributed by atoms with Gasteiger partial charge < -0.3 is 24.6 Å². The van der Waals surface area contributed by atoms with Crippen LogP contribution in [0, 0.1) is 5.92 Å². The molecule has 0 fully saturated rings. The molecule has 8 nitrogen and oxygen atoms in total. The van der Waals surface area contributed by atoms with Crippen molar-refractivity contribution in [2.45, 2.75) is 50.7 Å². The highest BCUT2D eigenvalue weighted by atomic mass is 16.7. The summed E-state index contributed by atoms with van der Waals surface area (Å²) < 4.78 is 16.4. The van der Waals surface area contributed by atoms with E-state index in [1.54, 1.807) is 6.92 Å². The molecule has 0 bridgehead atoms. The molecule has 0 spiro atoms. The van der Waals surface area contributed by atoms with Crippen LogP contribution in [0.25, 0.3) is 10.9 Å². The summed E-state index contributed by atoms with van der Waals surface area (Å²) in [6.07, 6.45) is 1.69. The highest BCUT2D eigenvalue weighted by molar-refractivity contribution is 6.01. The van der Waals surface area contributed by atoms with Crippen molar-refractivity contribution < 1.29 is 28.9 Å². The average molecular weight is 450 g/mol. The summed E-state index contributed by atoms with van der Waals surface area (Å²) in [6, 6.07) is 3.90.